The molecule has 0 rings (SSSR count). The van der Waals surface area contributed by atoms with E-state index in [0.29, 0.717) is 0 Å². The van der Waals surface area contributed by atoms with E-state index < -0.39 is 0 Å². The molecule has 0 aromatic heterocycles. The Balaban J connectivity index is -0.000000180. The van der Waals surface area contributed by atoms with Crippen molar-refractivity contribution in [2.24, 2.45) is 0 Å². The van der Waals surface area contributed by atoms with Gasteiger partial charge in [0.2, 0.25) is 0 Å². The van der Waals surface area contributed by atoms with Crippen LogP contribution in [0, 0.1) is 0 Å². The molecule has 2 N–H and O–H groups in total. The summed E-state index contributed by atoms with van der Waals surface area (Å²) >= 11 is 0. The SMILES string of the molecule is CC(=O)/C=C(/C)O.CC(=O)/C=C(/C)O.[Pd]. The summed E-state index contributed by atoms with van der Waals surface area (Å²) in [7, 11) is 0. The smallest absolute Gasteiger partial charge is 0.155 e. The van der Waals surface area contributed by atoms with Crippen LogP contribution in [0.1, 0.15) is 27.7 Å². The molecule has 0 aromatic carbocycles. The number of allylic oxidation sites excluding steroid dienone is 4. The summed E-state index contributed by atoms with van der Waals surface area (Å²) in [5.41, 5.74) is 0. The molecule has 0 fully saturated rings. The second-order valence-corrected chi connectivity index (χ2v) is 2.79. The molecule has 0 atom stereocenters. The van der Waals surface area contributed by atoms with Crippen LogP contribution < -0.4 is 0 Å². The van der Waals surface area contributed by atoms with E-state index in [-0.39, 0.29) is 43.5 Å². The molecule has 0 unspecified atom stereocenters. The fraction of sp³-hybridized carbons (Fsp3) is 0.400. The Morgan fingerprint density at radius 3 is 1.00 bits per heavy atom. The van der Waals surface area contributed by atoms with E-state index in [9.17, 15) is 9.59 Å². The molecule has 0 bridgehead atoms. The summed E-state index contributed by atoms with van der Waals surface area (Å²) in [5.74, 6) is -0.125. The second-order valence-electron chi connectivity index (χ2n) is 2.79. The number of ketones is 2. The summed E-state index contributed by atoms with van der Waals surface area (Å²) in [6.45, 7) is 5.70. The van der Waals surface area contributed by atoms with Crippen molar-refractivity contribution < 1.29 is 40.2 Å². The van der Waals surface area contributed by atoms with E-state index in [1.807, 2.05) is 0 Å². The molecular weight excluding hydrogens is 291 g/mol. The molecule has 90 valence electrons. The first-order chi connectivity index (χ1) is 6.25. The van der Waals surface area contributed by atoms with Crippen LogP contribution in [0.3, 0.4) is 0 Å². The number of carbonyl (C=O) groups is 2. The van der Waals surface area contributed by atoms with Gasteiger partial charge in [-0.05, 0) is 27.7 Å². The molecule has 0 aromatic rings. The maximum atomic E-state index is 10.0. The minimum Gasteiger partial charge on any atom is -0.512 e. The quantitative estimate of drug-likeness (QED) is 0.465. The average molecular weight is 307 g/mol. The molecule has 4 nitrogen and oxygen atoms in total. The molecule has 0 aliphatic carbocycles. The number of aliphatic hydroxyl groups excluding tert-OH is 2. The van der Waals surface area contributed by atoms with E-state index in [1.54, 1.807) is 0 Å². The van der Waals surface area contributed by atoms with Gasteiger partial charge >= 0.3 is 0 Å². The number of hydrogen-bond donors (Lipinski definition) is 2. The Labute approximate surface area is 103 Å². The van der Waals surface area contributed by atoms with Gasteiger partial charge in [-0.1, -0.05) is 0 Å². The van der Waals surface area contributed by atoms with Crippen LogP contribution in [0.4, 0.5) is 0 Å². The van der Waals surface area contributed by atoms with Gasteiger partial charge in [0.1, 0.15) is 0 Å². The van der Waals surface area contributed by atoms with Gasteiger partial charge in [0.05, 0.1) is 11.5 Å². The summed E-state index contributed by atoms with van der Waals surface area (Å²) < 4.78 is 0. The zero-order chi connectivity index (χ0) is 11.7. The van der Waals surface area contributed by atoms with Gasteiger partial charge in [0.15, 0.2) is 11.6 Å². The zero-order valence-corrected chi connectivity index (χ0v) is 10.7. The normalized spacial score (nSPS) is 10.7. The first kappa shape index (κ1) is 19.6. The fourth-order valence-electron chi connectivity index (χ4n) is 0.588. The van der Waals surface area contributed by atoms with Crippen molar-refractivity contribution in [1.29, 1.82) is 0 Å². The largest absolute Gasteiger partial charge is 0.512 e. The number of carbonyl (C=O) groups excluding carboxylic acids is 2. The van der Waals surface area contributed by atoms with Crippen molar-refractivity contribution in [2.45, 2.75) is 27.7 Å². The van der Waals surface area contributed by atoms with Crippen LogP contribution in [0.15, 0.2) is 23.7 Å². The van der Waals surface area contributed by atoms with Crippen molar-refractivity contribution in [3.63, 3.8) is 0 Å². The van der Waals surface area contributed by atoms with E-state index in [2.05, 4.69) is 0 Å². The maximum Gasteiger partial charge on any atom is 0.155 e. The Kier molecular flexibility index (Phi) is 14.6. The van der Waals surface area contributed by atoms with Crippen LogP contribution in [-0.4, -0.2) is 21.8 Å². The van der Waals surface area contributed by atoms with Crippen molar-refractivity contribution in [3.8, 4) is 0 Å². The molecule has 15 heavy (non-hydrogen) atoms. The van der Waals surface area contributed by atoms with Crippen molar-refractivity contribution in [3.05, 3.63) is 23.7 Å². The second kappa shape index (κ2) is 11.2. The van der Waals surface area contributed by atoms with Crippen LogP contribution >= 0.6 is 0 Å². The minimum atomic E-state index is -0.125. The number of hydrogen-bond acceptors (Lipinski definition) is 4. The topological polar surface area (TPSA) is 74.6 Å². The van der Waals surface area contributed by atoms with Gasteiger partial charge in [-0.3, -0.25) is 9.59 Å². The molecule has 0 radical (unpaired) electrons. The van der Waals surface area contributed by atoms with Crippen molar-refractivity contribution >= 4 is 11.6 Å². The molecule has 0 saturated carbocycles. The maximum absolute atomic E-state index is 10.0. The van der Waals surface area contributed by atoms with Crippen LogP contribution in [0.2, 0.25) is 0 Å². The fourth-order valence-corrected chi connectivity index (χ4v) is 0.588. The third-order valence-electron chi connectivity index (χ3n) is 0.824. The number of aliphatic hydroxyl groups is 2. The van der Waals surface area contributed by atoms with Gasteiger partial charge in [0, 0.05) is 32.6 Å². The number of rotatable bonds is 2. The first-order valence-electron chi connectivity index (χ1n) is 4.01. The average Bonchev–Trinajstić information content (AvgIpc) is 1.79. The van der Waals surface area contributed by atoms with Crippen LogP contribution in [0.25, 0.3) is 0 Å². The van der Waals surface area contributed by atoms with Crippen molar-refractivity contribution in [2.75, 3.05) is 0 Å². The molecule has 0 aliphatic heterocycles. The monoisotopic (exact) mass is 306 g/mol. The van der Waals surface area contributed by atoms with Crippen LogP contribution in [0.5, 0.6) is 0 Å². The third kappa shape index (κ3) is 32.0. The Hall–Kier alpha value is -0.918. The minimum absolute atomic E-state index is 0. The van der Waals surface area contributed by atoms with E-state index in [4.69, 9.17) is 10.2 Å². The molecule has 0 heterocycles. The zero-order valence-electron chi connectivity index (χ0n) is 9.18. The molecule has 0 aliphatic rings. The van der Waals surface area contributed by atoms with Crippen LogP contribution in [-0.2, 0) is 30.0 Å². The van der Waals surface area contributed by atoms with Gasteiger partial charge in [0.25, 0.3) is 0 Å². The van der Waals surface area contributed by atoms with Gasteiger partial charge < -0.3 is 10.2 Å². The van der Waals surface area contributed by atoms with Gasteiger partial charge in [-0.15, -0.1) is 0 Å². The summed E-state index contributed by atoms with van der Waals surface area (Å²) in [6, 6.07) is 0. The van der Waals surface area contributed by atoms with Crippen molar-refractivity contribution in [1.82, 2.24) is 0 Å². The third-order valence-corrected chi connectivity index (χ3v) is 0.824. The molecule has 0 spiro atoms. The van der Waals surface area contributed by atoms with Gasteiger partial charge in [-0.2, -0.15) is 0 Å². The first-order valence-corrected chi connectivity index (χ1v) is 4.01. The van der Waals surface area contributed by atoms with E-state index in [1.165, 1.54) is 39.8 Å². The van der Waals surface area contributed by atoms with E-state index >= 15 is 0 Å². The predicted octanol–water partition coefficient (Wildman–Crippen LogP) is 2.07. The Morgan fingerprint density at radius 1 is 0.800 bits per heavy atom. The summed E-state index contributed by atoms with van der Waals surface area (Å²) in [4.78, 5) is 20.0. The van der Waals surface area contributed by atoms with E-state index in [0.717, 1.165) is 0 Å². The Morgan fingerprint density at radius 2 is 1.00 bits per heavy atom. The molecule has 0 amide bonds. The predicted molar refractivity (Wildman–Crippen MR) is 54.1 cm³/mol. The standard InChI is InChI=1S/2C5H8O2.Pd/c2*1-4(6)3-5(2)7;/h2*3,6H,1-2H3;/b2*4-3-;. The molecular formula is C10H16O4Pd. The van der Waals surface area contributed by atoms with Gasteiger partial charge in [-0.25, -0.2) is 0 Å². The summed E-state index contributed by atoms with van der Waals surface area (Å²) in [6.07, 6.45) is 2.33. The molecule has 0 saturated heterocycles. The summed E-state index contributed by atoms with van der Waals surface area (Å²) in [5, 5.41) is 16.7. The molecule has 5 heteroatoms. The Bertz CT molecular complexity index is 231.